The predicted octanol–water partition coefficient (Wildman–Crippen LogP) is 7.37. The Morgan fingerprint density at radius 3 is 1.53 bits per heavy atom. The molecule has 0 saturated heterocycles. The molecule has 2 aromatic heterocycles. The smallest absolute Gasteiger partial charge is 0.330 e. The second-order valence-corrected chi connectivity index (χ2v) is 14.6. The van der Waals surface area contributed by atoms with Gasteiger partial charge >= 0.3 is 7.60 Å². The highest BCUT2D eigenvalue weighted by Gasteiger charge is 2.19. The first-order valence-corrected chi connectivity index (χ1v) is 16.9. The minimum absolute atomic E-state index is 0.408. The number of hydrogen-bond donors (Lipinski definition) is 1. The molecule has 0 fully saturated rings. The zero-order valence-electron chi connectivity index (χ0n) is 21.8. The number of hydrogen-bond acceptors (Lipinski definition) is 6. The van der Waals surface area contributed by atoms with E-state index in [4.69, 9.17) is 19.0 Å². The molecule has 0 bridgehead atoms. The van der Waals surface area contributed by atoms with Gasteiger partial charge in [0.25, 0.3) is 0 Å². The van der Waals surface area contributed by atoms with Crippen LogP contribution in [-0.2, 0) is 31.0 Å². The molecule has 198 valence electrons. The zero-order valence-corrected chi connectivity index (χ0v) is 23.6. The molecule has 1 aromatic carbocycles. The summed E-state index contributed by atoms with van der Waals surface area (Å²) >= 11 is 0. The Morgan fingerprint density at radius 1 is 0.667 bits per heavy atom. The fourth-order valence-electron chi connectivity index (χ4n) is 4.41. The monoisotopic (exact) mass is 534 g/mol. The second-order valence-electron chi connectivity index (χ2n) is 9.62. The Labute approximate surface area is 215 Å². The van der Waals surface area contributed by atoms with Crippen LogP contribution in [0.1, 0.15) is 62.8 Å². The van der Waals surface area contributed by atoms with Crippen molar-refractivity contribution < 1.29 is 23.1 Å². The normalized spacial score (nSPS) is 13.9. The SMILES string of the molecule is COP(=O)(CCCCCCc1ccc2ccc3ccc(CCCCCCP(C)(=O)O)nc3c2n1)OC. The first kappa shape index (κ1) is 28.9. The molecule has 0 spiro atoms. The largest absolute Gasteiger partial charge is 0.344 e. The van der Waals surface area contributed by atoms with Gasteiger partial charge in [0.1, 0.15) is 0 Å². The molecule has 0 amide bonds. The summed E-state index contributed by atoms with van der Waals surface area (Å²) in [5, 5.41) is 2.19. The number of nitrogens with zero attached hydrogens (tertiary/aromatic N) is 2. The minimum Gasteiger partial charge on any atom is -0.344 e. The predicted molar refractivity (Wildman–Crippen MR) is 148 cm³/mol. The molecular weight excluding hydrogens is 494 g/mol. The van der Waals surface area contributed by atoms with Crippen LogP contribution in [0, 0.1) is 0 Å². The van der Waals surface area contributed by atoms with Crippen molar-refractivity contribution in [3.63, 3.8) is 0 Å². The summed E-state index contributed by atoms with van der Waals surface area (Å²) in [6.07, 6.45) is 10.4. The standard InChI is InChI=1S/C27H40N2O5P2/c1-33-36(32,34-2)21-11-7-5-9-13-25-19-17-23-15-14-22-16-18-24(28-26(22)27(23)29-25)12-8-4-6-10-20-35(3,30)31/h14-19H,4-13,20-21H2,1-3H3,(H,30,31). The number of aromatic nitrogens is 2. The van der Waals surface area contributed by atoms with Gasteiger partial charge in [-0.2, -0.15) is 0 Å². The molecule has 0 radical (unpaired) electrons. The van der Waals surface area contributed by atoms with E-state index in [0.717, 1.165) is 97.4 Å². The number of pyridine rings is 2. The summed E-state index contributed by atoms with van der Waals surface area (Å²) in [5.74, 6) is 0. The Balaban J connectivity index is 1.56. The molecule has 1 atom stereocenters. The van der Waals surface area contributed by atoms with E-state index < -0.39 is 15.0 Å². The molecular formula is C27H40N2O5P2. The molecule has 3 aromatic rings. The third-order valence-corrected chi connectivity index (χ3v) is 9.68. The van der Waals surface area contributed by atoms with Gasteiger partial charge in [-0.1, -0.05) is 49.9 Å². The van der Waals surface area contributed by atoms with Crippen molar-refractivity contribution in [3.05, 3.63) is 47.8 Å². The first-order chi connectivity index (χ1) is 17.2. The van der Waals surface area contributed by atoms with E-state index in [0.29, 0.717) is 12.3 Å². The molecule has 1 unspecified atom stereocenters. The molecule has 1 N–H and O–H groups in total. The van der Waals surface area contributed by atoms with Crippen LogP contribution in [0.3, 0.4) is 0 Å². The molecule has 0 aliphatic carbocycles. The summed E-state index contributed by atoms with van der Waals surface area (Å²) in [5.41, 5.74) is 4.04. The van der Waals surface area contributed by atoms with E-state index in [1.807, 2.05) is 0 Å². The maximum absolute atomic E-state index is 12.1. The van der Waals surface area contributed by atoms with Gasteiger partial charge in [-0.15, -0.1) is 0 Å². The van der Waals surface area contributed by atoms with Gasteiger partial charge in [-0.25, -0.2) is 0 Å². The Hall–Kier alpha value is -1.62. The zero-order chi connectivity index (χ0) is 26.0. The van der Waals surface area contributed by atoms with Gasteiger partial charge in [0.2, 0.25) is 0 Å². The lowest BCUT2D eigenvalue weighted by molar-refractivity contribution is 0.275. The summed E-state index contributed by atoms with van der Waals surface area (Å²) in [4.78, 5) is 19.3. The molecule has 36 heavy (non-hydrogen) atoms. The van der Waals surface area contributed by atoms with Gasteiger partial charge in [0.05, 0.1) is 17.2 Å². The van der Waals surface area contributed by atoms with Gasteiger partial charge in [-0.3, -0.25) is 19.1 Å². The Bertz CT molecular complexity index is 1220. The summed E-state index contributed by atoms with van der Waals surface area (Å²) in [7, 11) is -2.92. The highest BCUT2D eigenvalue weighted by Crippen LogP contribution is 2.47. The van der Waals surface area contributed by atoms with Crippen LogP contribution in [0.4, 0.5) is 0 Å². The van der Waals surface area contributed by atoms with E-state index in [9.17, 15) is 14.0 Å². The van der Waals surface area contributed by atoms with Crippen LogP contribution < -0.4 is 0 Å². The lowest BCUT2D eigenvalue weighted by atomic mass is 10.1. The van der Waals surface area contributed by atoms with Crippen LogP contribution >= 0.6 is 15.0 Å². The average Bonchev–Trinajstić information content (AvgIpc) is 2.87. The second kappa shape index (κ2) is 13.8. The fourth-order valence-corrected chi connectivity index (χ4v) is 6.35. The lowest BCUT2D eigenvalue weighted by Gasteiger charge is -2.12. The first-order valence-electron chi connectivity index (χ1n) is 12.9. The van der Waals surface area contributed by atoms with Crippen molar-refractivity contribution in [2.24, 2.45) is 0 Å². The van der Waals surface area contributed by atoms with Crippen molar-refractivity contribution in [1.82, 2.24) is 9.97 Å². The highest BCUT2D eigenvalue weighted by molar-refractivity contribution is 7.57. The number of rotatable bonds is 16. The number of benzene rings is 1. The van der Waals surface area contributed by atoms with E-state index in [-0.39, 0.29) is 0 Å². The topological polar surface area (TPSA) is 98.6 Å². The summed E-state index contributed by atoms with van der Waals surface area (Å²) in [6, 6.07) is 12.7. The van der Waals surface area contributed by atoms with Crippen LogP contribution in [0.15, 0.2) is 36.4 Å². The number of fused-ring (bicyclic) bond motifs is 3. The van der Waals surface area contributed by atoms with Gasteiger partial charge in [0, 0.05) is 49.2 Å². The lowest BCUT2D eigenvalue weighted by Crippen LogP contribution is -1.97. The number of unbranched alkanes of at least 4 members (excludes halogenated alkanes) is 6. The highest BCUT2D eigenvalue weighted by atomic mass is 31.2. The van der Waals surface area contributed by atoms with Crippen LogP contribution in [0.5, 0.6) is 0 Å². The maximum atomic E-state index is 12.1. The molecule has 0 aliphatic heterocycles. The average molecular weight is 535 g/mol. The summed E-state index contributed by atoms with van der Waals surface area (Å²) in [6.45, 7) is 1.43. The van der Waals surface area contributed by atoms with Crippen LogP contribution in [0.2, 0.25) is 0 Å². The van der Waals surface area contributed by atoms with E-state index in [1.54, 1.807) is 0 Å². The van der Waals surface area contributed by atoms with Gasteiger partial charge in [0.15, 0.2) is 7.37 Å². The van der Waals surface area contributed by atoms with Crippen molar-refractivity contribution in [3.8, 4) is 0 Å². The number of aryl methyl sites for hydroxylation is 2. The van der Waals surface area contributed by atoms with Gasteiger partial charge < -0.3 is 13.9 Å². The fraction of sp³-hybridized carbons (Fsp3) is 0.556. The molecule has 7 nitrogen and oxygen atoms in total. The van der Waals surface area contributed by atoms with Crippen LogP contribution in [-0.4, -0.2) is 48.1 Å². The van der Waals surface area contributed by atoms with E-state index >= 15 is 0 Å². The summed E-state index contributed by atoms with van der Waals surface area (Å²) < 4.78 is 33.5. The molecule has 2 heterocycles. The molecule has 0 aliphatic rings. The molecule has 0 saturated carbocycles. The van der Waals surface area contributed by atoms with Crippen LogP contribution in [0.25, 0.3) is 21.8 Å². The van der Waals surface area contributed by atoms with Crippen molar-refractivity contribution in [1.29, 1.82) is 0 Å². The third-order valence-electron chi connectivity index (χ3n) is 6.56. The van der Waals surface area contributed by atoms with E-state index in [2.05, 4.69) is 36.4 Å². The Kier molecular flexibility index (Phi) is 11.1. The Morgan fingerprint density at radius 2 is 1.08 bits per heavy atom. The van der Waals surface area contributed by atoms with Crippen molar-refractivity contribution in [2.45, 2.75) is 64.2 Å². The third kappa shape index (κ3) is 9.04. The van der Waals surface area contributed by atoms with Crippen molar-refractivity contribution in [2.75, 3.05) is 33.2 Å². The molecule has 3 rings (SSSR count). The maximum Gasteiger partial charge on any atom is 0.330 e. The minimum atomic E-state index is -2.90. The quantitative estimate of drug-likeness (QED) is 0.116. The van der Waals surface area contributed by atoms with Crippen molar-refractivity contribution >= 4 is 36.8 Å². The van der Waals surface area contributed by atoms with E-state index in [1.165, 1.54) is 20.9 Å². The van der Waals surface area contributed by atoms with Gasteiger partial charge in [-0.05, 0) is 50.7 Å². The molecule has 9 heteroatoms.